The van der Waals surface area contributed by atoms with Crippen LogP contribution in [-0.2, 0) is 0 Å². The number of rotatable bonds is 3. The van der Waals surface area contributed by atoms with Gasteiger partial charge in [0.05, 0.1) is 0 Å². The summed E-state index contributed by atoms with van der Waals surface area (Å²) in [6.45, 7) is 1.93. The van der Waals surface area contributed by atoms with Crippen molar-refractivity contribution in [3.05, 3.63) is 12.1 Å². The molecular weight excluding hydrogens is 229 g/mol. The number of piperidine rings is 1. The fourth-order valence-corrected chi connectivity index (χ4v) is 1.61. The largest absolute Gasteiger partial charge is 1.00 e. The second-order valence-electron chi connectivity index (χ2n) is 4.19. The first-order valence-corrected chi connectivity index (χ1v) is 4.99. The van der Waals surface area contributed by atoms with E-state index in [4.69, 9.17) is 0 Å². The Morgan fingerprint density at radius 3 is 2.20 bits per heavy atom. The van der Waals surface area contributed by atoms with Crippen LogP contribution in [-0.4, -0.2) is 31.5 Å². The average molecular weight is 245 g/mol. The Morgan fingerprint density at radius 2 is 1.80 bits per heavy atom. The number of hydrogen-bond acceptors (Lipinski definition) is 1. The van der Waals surface area contributed by atoms with Gasteiger partial charge in [-0.1, -0.05) is 6.92 Å². The van der Waals surface area contributed by atoms with Crippen LogP contribution in [0.4, 0.5) is 12.9 Å². The topological polar surface area (TPSA) is 3.24 Å². The van der Waals surface area contributed by atoms with Crippen molar-refractivity contribution in [2.24, 2.45) is 5.92 Å². The van der Waals surface area contributed by atoms with Gasteiger partial charge in [-0.05, 0) is 38.4 Å². The zero-order chi connectivity index (χ0) is 10.8. The molecule has 0 spiro atoms. The maximum atomic E-state index is 12.2. The fraction of sp³-hybridized carbons (Fsp3) is 0.778. The van der Waals surface area contributed by atoms with Gasteiger partial charge >= 0.3 is 58.4 Å². The Hall–Kier alpha value is 1.19. The van der Waals surface area contributed by atoms with Gasteiger partial charge in [-0.15, -0.1) is 12.1 Å². The van der Waals surface area contributed by atoms with Crippen molar-refractivity contribution in [3.8, 4) is 0 Å². The smallest absolute Gasteiger partial charge is 0.445 e. The van der Waals surface area contributed by atoms with E-state index in [1.165, 1.54) is 0 Å². The van der Waals surface area contributed by atoms with Gasteiger partial charge in [-0.25, -0.2) is 0 Å². The minimum atomic E-state index is -4.85. The van der Waals surface area contributed by atoms with E-state index in [9.17, 15) is 12.9 Å². The molecule has 0 unspecified atom stereocenters. The number of likely N-dealkylation sites (tertiary alicyclic amines) is 1. The van der Waals surface area contributed by atoms with Crippen LogP contribution in [0.5, 0.6) is 0 Å². The molecule has 0 bridgehead atoms. The first kappa shape index (κ1) is 16.2. The summed E-state index contributed by atoms with van der Waals surface area (Å²) in [5.41, 5.74) is -0.570. The van der Waals surface area contributed by atoms with Gasteiger partial charge in [0.1, 0.15) is 0 Å². The second-order valence-corrected chi connectivity index (χ2v) is 4.19. The number of hydrogen-bond donors (Lipinski definition) is 0. The molecular formula is C9H16BF3KN. The Kier molecular flexibility index (Phi) is 7.35. The molecule has 1 saturated heterocycles. The van der Waals surface area contributed by atoms with Crippen LogP contribution in [0.3, 0.4) is 0 Å². The Morgan fingerprint density at radius 1 is 1.33 bits per heavy atom. The molecule has 0 saturated carbocycles. The molecule has 1 heterocycles. The molecule has 0 N–H and O–H groups in total. The van der Waals surface area contributed by atoms with E-state index in [2.05, 4.69) is 13.5 Å². The zero-order valence-electron chi connectivity index (χ0n) is 9.48. The third-order valence-electron chi connectivity index (χ3n) is 2.77. The molecule has 1 aliphatic heterocycles. The summed E-state index contributed by atoms with van der Waals surface area (Å²) in [5, 5.41) is 0. The van der Waals surface area contributed by atoms with E-state index < -0.39 is 12.4 Å². The van der Waals surface area contributed by atoms with Crippen molar-refractivity contribution in [3.63, 3.8) is 0 Å². The first-order chi connectivity index (χ1) is 6.39. The maximum Gasteiger partial charge on any atom is 1.00 e. The molecule has 0 amide bonds. The Balaban J connectivity index is 0.00000196. The van der Waals surface area contributed by atoms with Gasteiger partial charge in [0, 0.05) is 0 Å². The van der Waals surface area contributed by atoms with Gasteiger partial charge < -0.3 is 17.8 Å². The minimum absolute atomic E-state index is 0. The molecule has 1 rings (SSSR count). The molecule has 0 aromatic rings. The first-order valence-electron chi connectivity index (χ1n) is 4.99. The van der Waals surface area contributed by atoms with E-state index in [1.807, 2.05) is 4.90 Å². The summed E-state index contributed by atoms with van der Waals surface area (Å²) in [6.07, 6.45) is 2.00. The number of nitrogens with zero attached hydrogens (tertiary/aromatic N) is 1. The Bertz CT molecular complexity index is 212. The van der Waals surface area contributed by atoms with Gasteiger partial charge in [0.25, 0.3) is 0 Å². The molecule has 0 radical (unpaired) electrons. The molecule has 1 nitrogen and oxygen atoms in total. The van der Waals surface area contributed by atoms with Crippen LogP contribution in [0.2, 0.25) is 0 Å². The molecule has 82 valence electrons. The molecule has 1 fully saturated rings. The normalized spacial score (nSPS) is 19.7. The van der Waals surface area contributed by atoms with Crippen LogP contribution in [0, 0.1) is 5.92 Å². The van der Waals surface area contributed by atoms with Gasteiger partial charge in [-0.3, -0.25) is 0 Å². The van der Waals surface area contributed by atoms with Crippen molar-refractivity contribution in [1.82, 2.24) is 4.90 Å². The van der Waals surface area contributed by atoms with Crippen molar-refractivity contribution < 1.29 is 64.3 Å². The Labute approximate surface area is 132 Å². The van der Waals surface area contributed by atoms with Gasteiger partial charge in [0.2, 0.25) is 0 Å². The number of halogens is 3. The van der Waals surface area contributed by atoms with E-state index in [0.717, 1.165) is 25.9 Å². The standard InChI is InChI=1S/C9H16BF3N.K/c1-8-3-5-14(6-4-8)7-9(2)10(11,12)13;/h8H,2-7H2,1H3;/q-1;+1. The molecule has 0 atom stereocenters. The summed E-state index contributed by atoms with van der Waals surface area (Å²) in [6, 6.07) is 0. The van der Waals surface area contributed by atoms with Crippen LogP contribution in [0.1, 0.15) is 19.8 Å². The van der Waals surface area contributed by atoms with Crippen LogP contribution < -0.4 is 51.4 Å². The van der Waals surface area contributed by atoms with E-state index in [0.29, 0.717) is 5.92 Å². The van der Waals surface area contributed by atoms with Crippen molar-refractivity contribution in [2.45, 2.75) is 19.8 Å². The van der Waals surface area contributed by atoms with Crippen molar-refractivity contribution >= 4 is 6.98 Å². The molecule has 0 aromatic carbocycles. The van der Waals surface area contributed by atoms with E-state index >= 15 is 0 Å². The van der Waals surface area contributed by atoms with Crippen LogP contribution in [0.15, 0.2) is 12.1 Å². The molecule has 1 aliphatic rings. The quantitative estimate of drug-likeness (QED) is 0.615. The van der Waals surface area contributed by atoms with Crippen molar-refractivity contribution in [1.29, 1.82) is 0 Å². The predicted octanol–water partition coefficient (Wildman–Crippen LogP) is -0.335. The van der Waals surface area contributed by atoms with E-state index in [1.54, 1.807) is 0 Å². The SMILES string of the molecule is C=C(CN1CCC(C)CC1)[B-](F)(F)F.[K+]. The summed E-state index contributed by atoms with van der Waals surface area (Å²) >= 11 is 0. The fourth-order valence-electron chi connectivity index (χ4n) is 1.61. The zero-order valence-corrected chi connectivity index (χ0v) is 12.6. The van der Waals surface area contributed by atoms with Crippen LogP contribution in [0.25, 0.3) is 0 Å². The average Bonchev–Trinajstić information content (AvgIpc) is 2.07. The maximum absolute atomic E-state index is 12.2. The van der Waals surface area contributed by atoms with Gasteiger partial charge in [0.15, 0.2) is 0 Å². The second kappa shape index (κ2) is 6.81. The molecule has 0 aromatic heterocycles. The van der Waals surface area contributed by atoms with Crippen LogP contribution >= 0.6 is 0 Å². The summed E-state index contributed by atoms with van der Waals surface area (Å²) in [5.74, 6) is 0.649. The summed E-state index contributed by atoms with van der Waals surface area (Å²) in [7, 11) is 0. The molecule has 0 aliphatic carbocycles. The third kappa shape index (κ3) is 5.89. The van der Waals surface area contributed by atoms with Crippen molar-refractivity contribution in [2.75, 3.05) is 19.6 Å². The molecule has 15 heavy (non-hydrogen) atoms. The predicted molar refractivity (Wildman–Crippen MR) is 53.1 cm³/mol. The minimum Gasteiger partial charge on any atom is -0.445 e. The van der Waals surface area contributed by atoms with Gasteiger partial charge in [-0.2, -0.15) is 0 Å². The monoisotopic (exact) mass is 245 g/mol. The molecule has 6 heteroatoms. The third-order valence-corrected chi connectivity index (χ3v) is 2.77. The summed E-state index contributed by atoms with van der Waals surface area (Å²) < 4.78 is 36.7. The summed E-state index contributed by atoms with van der Waals surface area (Å²) in [4.78, 5) is 1.84. The van der Waals surface area contributed by atoms with E-state index in [-0.39, 0.29) is 57.9 Å².